The van der Waals surface area contributed by atoms with Gasteiger partial charge in [0.05, 0.1) is 10.7 Å². The van der Waals surface area contributed by atoms with Crippen LogP contribution in [0.4, 0.5) is 27.7 Å². The molecule has 0 amide bonds. The summed E-state index contributed by atoms with van der Waals surface area (Å²) in [6.45, 7) is 0. The SMILES string of the molecule is Nc1cc(Nc2c(Cl)cc(F)cc2Br)nc(N)n1. The minimum atomic E-state index is -0.445. The van der Waals surface area contributed by atoms with Gasteiger partial charge in [0.15, 0.2) is 0 Å². The smallest absolute Gasteiger partial charge is 0.223 e. The highest BCUT2D eigenvalue weighted by molar-refractivity contribution is 9.10. The number of halogens is 3. The fraction of sp³-hybridized carbons (Fsp3) is 0. The van der Waals surface area contributed by atoms with Gasteiger partial charge in [-0.15, -0.1) is 0 Å². The van der Waals surface area contributed by atoms with E-state index in [1.54, 1.807) is 0 Å². The van der Waals surface area contributed by atoms with Gasteiger partial charge in [-0.25, -0.2) is 4.39 Å². The first-order valence-electron chi connectivity index (χ1n) is 4.77. The number of nitrogens with zero attached hydrogens (tertiary/aromatic N) is 2. The number of rotatable bonds is 2. The van der Waals surface area contributed by atoms with Crippen molar-refractivity contribution in [2.24, 2.45) is 0 Å². The lowest BCUT2D eigenvalue weighted by molar-refractivity contribution is 0.627. The lowest BCUT2D eigenvalue weighted by Crippen LogP contribution is -2.03. The highest BCUT2D eigenvalue weighted by Crippen LogP contribution is 2.33. The third kappa shape index (κ3) is 2.80. The number of benzene rings is 1. The maximum Gasteiger partial charge on any atom is 0.223 e. The van der Waals surface area contributed by atoms with Crippen molar-refractivity contribution in [2.45, 2.75) is 0 Å². The van der Waals surface area contributed by atoms with E-state index in [-0.39, 0.29) is 16.8 Å². The summed E-state index contributed by atoms with van der Waals surface area (Å²) in [5, 5.41) is 3.10. The van der Waals surface area contributed by atoms with Crippen LogP contribution in [0.2, 0.25) is 5.02 Å². The van der Waals surface area contributed by atoms with E-state index >= 15 is 0 Å². The Balaban J connectivity index is 2.40. The van der Waals surface area contributed by atoms with Crippen LogP contribution in [-0.4, -0.2) is 9.97 Å². The molecule has 5 nitrogen and oxygen atoms in total. The minimum Gasteiger partial charge on any atom is -0.383 e. The van der Waals surface area contributed by atoms with E-state index in [9.17, 15) is 4.39 Å². The van der Waals surface area contributed by atoms with Gasteiger partial charge in [-0.2, -0.15) is 9.97 Å². The fourth-order valence-electron chi connectivity index (χ4n) is 1.34. The average Bonchev–Trinajstić information content (AvgIpc) is 2.22. The Bertz CT molecular complexity index is 564. The molecule has 2 aromatic rings. The van der Waals surface area contributed by atoms with Gasteiger partial charge in [-0.3, -0.25) is 0 Å². The molecule has 0 aliphatic carbocycles. The second-order valence-corrected chi connectivity index (χ2v) is 4.67. The third-order valence-electron chi connectivity index (χ3n) is 2.02. The van der Waals surface area contributed by atoms with Crippen molar-refractivity contribution >= 4 is 50.8 Å². The number of nitrogens with one attached hydrogen (secondary N) is 1. The Kier molecular flexibility index (Phi) is 3.53. The second-order valence-electron chi connectivity index (χ2n) is 3.41. The van der Waals surface area contributed by atoms with E-state index in [2.05, 4.69) is 31.2 Å². The largest absolute Gasteiger partial charge is 0.383 e. The van der Waals surface area contributed by atoms with Gasteiger partial charge in [0.2, 0.25) is 5.95 Å². The predicted molar refractivity (Wildman–Crippen MR) is 73.2 cm³/mol. The van der Waals surface area contributed by atoms with Crippen LogP contribution in [0.5, 0.6) is 0 Å². The van der Waals surface area contributed by atoms with Crippen molar-refractivity contribution in [2.75, 3.05) is 16.8 Å². The molecule has 5 N–H and O–H groups in total. The van der Waals surface area contributed by atoms with Gasteiger partial charge in [0.25, 0.3) is 0 Å². The van der Waals surface area contributed by atoms with E-state index in [4.69, 9.17) is 23.1 Å². The van der Waals surface area contributed by atoms with Crippen LogP contribution in [0, 0.1) is 5.82 Å². The monoisotopic (exact) mass is 331 g/mol. The number of aromatic nitrogens is 2. The molecule has 0 aliphatic rings. The summed E-state index contributed by atoms with van der Waals surface area (Å²) >= 11 is 9.13. The Hall–Kier alpha value is -1.60. The van der Waals surface area contributed by atoms with E-state index < -0.39 is 5.82 Å². The van der Waals surface area contributed by atoms with Crippen molar-refractivity contribution in [1.29, 1.82) is 0 Å². The minimum absolute atomic E-state index is 0.0341. The third-order valence-corrected chi connectivity index (χ3v) is 2.95. The molecular formula is C10H8BrClFN5. The molecule has 0 fully saturated rings. The summed E-state index contributed by atoms with van der Waals surface area (Å²) in [5.41, 5.74) is 11.5. The van der Waals surface area contributed by atoms with Gasteiger partial charge in [0.1, 0.15) is 17.5 Å². The fourth-order valence-corrected chi connectivity index (χ4v) is 2.24. The maximum absolute atomic E-state index is 13.1. The number of nitrogens with two attached hydrogens (primary N) is 2. The Morgan fingerprint density at radius 1 is 1.22 bits per heavy atom. The van der Waals surface area contributed by atoms with Crippen molar-refractivity contribution in [3.05, 3.63) is 33.5 Å². The van der Waals surface area contributed by atoms with E-state index in [1.165, 1.54) is 18.2 Å². The van der Waals surface area contributed by atoms with Crippen LogP contribution in [0.1, 0.15) is 0 Å². The zero-order valence-electron chi connectivity index (χ0n) is 8.92. The standard InChI is InChI=1S/C10H8BrClFN5/c11-5-1-4(13)2-6(12)9(5)17-8-3-7(14)16-10(15)18-8/h1-3H,(H5,14,15,16,17,18). The average molecular weight is 333 g/mol. The first-order chi connectivity index (χ1) is 8.45. The van der Waals surface area contributed by atoms with Gasteiger partial charge < -0.3 is 16.8 Å². The molecule has 0 saturated heterocycles. The van der Waals surface area contributed by atoms with Gasteiger partial charge in [0, 0.05) is 10.5 Å². The molecule has 18 heavy (non-hydrogen) atoms. The van der Waals surface area contributed by atoms with Gasteiger partial charge >= 0.3 is 0 Å². The molecule has 8 heteroatoms. The topological polar surface area (TPSA) is 89.8 Å². The van der Waals surface area contributed by atoms with Crippen LogP contribution in [0.3, 0.4) is 0 Å². The zero-order valence-corrected chi connectivity index (χ0v) is 11.3. The van der Waals surface area contributed by atoms with Crippen LogP contribution in [0.25, 0.3) is 0 Å². The highest BCUT2D eigenvalue weighted by Gasteiger charge is 2.10. The molecule has 0 saturated carbocycles. The van der Waals surface area contributed by atoms with Crippen molar-refractivity contribution in [3.63, 3.8) is 0 Å². The van der Waals surface area contributed by atoms with E-state index in [1.807, 2.05) is 0 Å². The molecule has 0 atom stereocenters. The quantitative estimate of drug-likeness (QED) is 0.786. The number of hydrogen-bond acceptors (Lipinski definition) is 5. The van der Waals surface area contributed by atoms with E-state index in [0.29, 0.717) is 16.0 Å². The summed E-state index contributed by atoms with van der Waals surface area (Å²) < 4.78 is 13.5. The first-order valence-corrected chi connectivity index (χ1v) is 5.94. The van der Waals surface area contributed by atoms with Crippen LogP contribution < -0.4 is 16.8 Å². The van der Waals surface area contributed by atoms with Gasteiger partial charge in [-0.05, 0) is 28.1 Å². The molecule has 2 rings (SSSR count). The normalized spacial score (nSPS) is 10.4. The molecule has 0 bridgehead atoms. The molecule has 0 spiro atoms. The predicted octanol–water partition coefficient (Wildman–Crippen LogP) is 2.94. The van der Waals surface area contributed by atoms with Crippen LogP contribution in [0.15, 0.2) is 22.7 Å². The summed E-state index contributed by atoms with van der Waals surface area (Å²) in [6.07, 6.45) is 0. The summed E-state index contributed by atoms with van der Waals surface area (Å²) in [4.78, 5) is 7.67. The summed E-state index contributed by atoms with van der Waals surface area (Å²) in [7, 11) is 0. The molecule has 0 aliphatic heterocycles. The number of anilines is 4. The van der Waals surface area contributed by atoms with Crippen LogP contribution in [-0.2, 0) is 0 Å². The Morgan fingerprint density at radius 3 is 2.56 bits per heavy atom. The summed E-state index contributed by atoms with van der Waals surface area (Å²) in [6, 6.07) is 3.95. The number of hydrogen-bond donors (Lipinski definition) is 3. The maximum atomic E-state index is 13.1. The Morgan fingerprint density at radius 2 is 1.94 bits per heavy atom. The van der Waals surface area contributed by atoms with Crippen molar-refractivity contribution in [3.8, 4) is 0 Å². The first kappa shape index (κ1) is 12.8. The molecule has 0 unspecified atom stereocenters. The highest BCUT2D eigenvalue weighted by atomic mass is 79.9. The molecule has 94 valence electrons. The zero-order chi connectivity index (χ0) is 13.3. The van der Waals surface area contributed by atoms with Crippen molar-refractivity contribution < 1.29 is 4.39 Å². The molecular weight excluding hydrogens is 324 g/mol. The van der Waals surface area contributed by atoms with Crippen LogP contribution >= 0.6 is 27.5 Å². The summed E-state index contributed by atoms with van der Waals surface area (Å²) in [5.74, 6) is 0.180. The molecule has 1 heterocycles. The molecule has 1 aromatic heterocycles. The number of nitrogen functional groups attached to an aromatic ring is 2. The van der Waals surface area contributed by atoms with Gasteiger partial charge in [-0.1, -0.05) is 11.6 Å². The Labute approximate surface area is 115 Å². The second kappa shape index (κ2) is 4.95. The van der Waals surface area contributed by atoms with Crippen molar-refractivity contribution in [1.82, 2.24) is 9.97 Å². The molecule has 1 aromatic carbocycles. The lowest BCUT2D eigenvalue weighted by atomic mass is 10.3. The molecule has 0 radical (unpaired) electrons. The van der Waals surface area contributed by atoms with E-state index in [0.717, 1.165) is 0 Å². The lowest BCUT2D eigenvalue weighted by Gasteiger charge is -2.10.